The van der Waals surface area contributed by atoms with Crippen LogP contribution in [0.25, 0.3) is 0 Å². The van der Waals surface area contributed by atoms with Gasteiger partial charge in [-0.2, -0.15) is 0 Å². The number of nitrogens with one attached hydrogen (secondary N) is 1. The minimum Gasteiger partial charge on any atom is -0.291 e. The Labute approximate surface area is 88.3 Å². The van der Waals surface area contributed by atoms with E-state index in [0.717, 1.165) is 24.4 Å². The molecule has 1 unspecified atom stereocenters. The van der Waals surface area contributed by atoms with Crippen molar-refractivity contribution in [3.63, 3.8) is 0 Å². The van der Waals surface area contributed by atoms with E-state index in [0.29, 0.717) is 0 Å². The average molecular weight is 200 g/mol. The lowest BCUT2D eigenvalue weighted by atomic mass is 10.2. The molecule has 0 spiro atoms. The van der Waals surface area contributed by atoms with E-state index in [-0.39, 0.29) is 6.17 Å². The summed E-state index contributed by atoms with van der Waals surface area (Å²) in [7, 11) is 0. The van der Waals surface area contributed by atoms with E-state index in [4.69, 9.17) is 0 Å². The highest BCUT2D eigenvalue weighted by atomic mass is 15.6. The molecule has 0 amide bonds. The fraction of sp³-hybridized carbons (Fsp3) is 0.273. The number of fused-ring (bicyclic) bond motifs is 1. The molecule has 1 N–H and O–H groups in total. The molecule has 2 aliphatic heterocycles. The first kappa shape index (κ1) is 8.61. The van der Waals surface area contributed by atoms with Crippen molar-refractivity contribution in [2.45, 2.75) is 12.6 Å². The second kappa shape index (κ2) is 3.47. The third-order valence-corrected chi connectivity index (χ3v) is 2.63. The minimum atomic E-state index is 0.243. The molecule has 0 aromatic carbocycles. The molecule has 1 atom stereocenters. The van der Waals surface area contributed by atoms with Gasteiger partial charge in [-0.25, -0.2) is 5.43 Å². The zero-order chi connectivity index (χ0) is 10.1. The molecule has 1 aromatic rings. The Balaban J connectivity index is 1.92. The van der Waals surface area contributed by atoms with Gasteiger partial charge in [-0.3, -0.25) is 15.0 Å². The molecule has 0 bridgehead atoms. The van der Waals surface area contributed by atoms with Gasteiger partial charge in [-0.15, -0.1) is 0 Å². The maximum Gasteiger partial charge on any atom is 0.136 e. The van der Waals surface area contributed by atoms with Crippen LogP contribution in [0.4, 0.5) is 0 Å². The molecule has 4 nitrogen and oxygen atoms in total. The summed E-state index contributed by atoms with van der Waals surface area (Å²) in [5, 5.41) is 2.05. The predicted octanol–water partition coefficient (Wildman–Crippen LogP) is 0.934. The number of aliphatic imine (C=N–C) groups is 1. The summed E-state index contributed by atoms with van der Waals surface area (Å²) < 4.78 is 0. The van der Waals surface area contributed by atoms with Crippen molar-refractivity contribution < 1.29 is 0 Å². The van der Waals surface area contributed by atoms with E-state index in [1.54, 1.807) is 6.20 Å². The van der Waals surface area contributed by atoms with Crippen LogP contribution in [0.5, 0.6) is 0 Å². The highest BCUT2D eigenvalue weighted by molar-refractivity contribution is 6.07. The number of hydrogen-bond acceptors (Lipinski definition) is 4. The standard InChI is InChI=1S/C11H12N4/c1-2-6-12-9(3-1)10-5-8-15-11(14-10)4-7-13-15/h1-3,5-6,8,11,13H,4,7H2. The molecule has 3 rings (SSSR count). The minimum absolute atomic E-state index is 0.243. The number of pyridine rings is 1. The number of allylic oxidation sites excluding steroid dienone is 1. The zero-order valence-corrected chi connectivity index (χ0v) is 8.30. The van der Waals surface area contributed by atoms with Gasteiger partial charge >= 0.3 is 0 Å². The molecule has 15 heavy (non-hydrogen) atoms. The van der Waals surface area contributed by atoms with Crippen LogP contribution in [0.15, 0.2) is 41.7 Å². The summed E-state index contributed by atoms with van der Waals surface area (Å²) >= 11 is 0. The zero-order valence-electron chi connectivity index (χ0n) is 8.30. The third kappa shape index (κ3) is 1.53. The molecule has 0 saturated carbocycles. The molecule has 3 heterocycles. The van der Waals surface area contributed by atoms with Gasteiger partial charge in [0.15, 0.2) is 0 Å². The van der Waals surface area contributed by atoms with Crippen LogP contribution in [0.1, 0.15) is 12.1 Å². The van der Waals surface area contributed by atoms with E-state index in [1.165, 1.54) is 0 Å². The summed E-state index contributed by atoms with van der Waals surface area (Å²) in [4.78, 5) is 8.94. The first-order chi connectivity index (χ1) is 7.43. The fourth-order valence-electron chi connectivity index (χ4n) is 1.87. The van der Waals surface area contributed by atoms with Gasteiger partial charge in [0.25, 0.3) is 0 Å². The van der Waals surface area contributed by atoms with E-state index < -0.39 is 0 Å². The first-order valence-electron chi connectivity index (χ1n) is 5.13. The van der Waals surface area contributed by atoms with Crippen LogP contribution in [0.2, 0.25) is 0 Å². The molecule has 0 radical (unpaired) electrons. The van der Waals surface area contributed by atoms with Crippen LogP contribution in [0, 0.1) is 0 Å². The Bertz CT molecular complexity index is 410. The van der Waals surface area contributed by atoms with Crippen molar-refractivity contribution in [1.29, 1.82) is 0 Å². The SMILES string of the molecule is C1=CN2NCCC2N=C1c1ccccn1. The van der Waals surface area contributed by atoms with Crippen molar-refractivity contribution in [2.75, 3.05) is 6.54 Å². The normalized spacial score (nSPS) is 23.9. The lowest BCUT2D eigenvalue weighted by Gasteiger charge is -2.22. The van der Waals surface area contributed by atoms with E-state index >= 15 is 0 Å². The third-order valence-electron chi connectivity index (χ3n) is 2.63. The van der Waals surface area contributed by atoms with Gasteiger partial charge in [0.2, 0.25) is 0 Å². The number of hydrazine groups is 1. The topological polar surface area (TPSA) is 40.5 Å². The van der Waals surface area contributed by atoms with Gasteiger partial charge in [0.05, 0.1) is 11.4 Å². The summed E-state index contributed by atoms with van der Waals surface area (Å²) in [5.74, 6) is 0. The van der Waals surface area contributed by atoms with Gasteiger partial charge in [0, 0.05) is 25.4 Å². The number of aromatic nitrogens is 1. The molecule has 0 aliphatic carbocycles. The predicted molar refractivity (Wildman–Crippen MR) is 58.2 cm³/mol. The van der Waals surface area contributed by atoms with Crippen LogP contribution < -0.4 is 5.43 Å². The van der Waals surface area contributed by atoms with Crippen molar-refractivity contribution in [3.05, 3.63) is 42.4 Å². The molecule has 1 saturated heterocycles. The molecule has 1 fully saturated rings. The second-order valence-electron chi connectivity index (χ2n) is 3.63. The van der Waals surface area contributed by atoms with Gasteiger partial charge in [-0.05, 0) is 18.2 Å². The van der Waals surface area contributed by atoms with Crippen LogP contribution >= 0.6 is 0 Å². The monoisotopic (exact) mass is 200 g/mol. The van der Waals surface area contributed by atoms with E-state index in [9.17, 15) is 0 Å². The van der Waals surface area contributed by atoms with Crippen molar-refractivity contribution >= 4 is 5.71 Å². The first-order valence-corrected chi connectivity index (χ1v) is 5.13. The van der Waals surface area contributed by atoms with Crippen molar-refractivity contribution in [3.8, 4) is 0 Å². The second-order valence-corrected chi connectivity index (χ2v) is 3.63. The van der Waals surface area contributed by atoms with Crippen molar-refractivity contribution in [1.82, 2.24) is 15.4 Å². The summed E-state index contributed by atoms with van der Waals surface area (Å²) in [6.07, 6.45) is 7.13. The number of hydrogen-bond donors (Lipinski definition) is 1. The van der Waals surface area contributed by atoms with Gasteiger partial charge < -0.3 is 0 Å². The van der Waals surface area contributed by atoms with Crippen LogP contribution in [-0.4, -0.2) is 28.4 Å². The molecule has 2 aliphatic rings. The largest absolute Gasteiger partial charge is 0.291 e. The van der Waals surface area contributed by atoms with E-state index in [2.05, 4.69) is 15.4 Å². The molecule has 1 aromatic heterocycles. The molecular formula is C11H12N4. The Morgan fingerprint density at radius 2 is 2.40 bits per heavy atom. The number of nitrogens with zero attached hydrogens (tertiary/aromatic N) is 3. The lowest BCUT2D eigenvalue weighted by molar-refractivity contribution is 0.278. The average Bonchev–Trinajstić information content (AvgIpc) is 2.77. The summed E-state index contributed by atoms with van der Waals surface area (Å²) in [6.45, 7) is 0.994. The highest BCUT2D eigenvalue weighted by Crippen LogP contribution is 2.16. The quantitative estimate of drug-likeness (QED) is 0.733. The van der Waals surface area contributed by atoms with Crippen molar-refractivity contribution in [2.24, 2.45) is 4.99 Å². The summed E-state index contributed by atoms with van der Waals surface area (Å²) in [5.41, 5.74) is 5.17. The van der Waals surface area contributed by atoms with Gasteiger partial charge in [-0.1, -0.05) is 6.07 Å². The highest BCUT2D eigenvalue weighted by Gasteiger charge is 2.23. The molecular weight excluding hydrogens is 188 g/mol. The van der Waals surface area contributed by atoms with E-state index in [1.807, 2.05) is 35.5 Å². The Hall–Kier alpha value is -1.68. The smallest absolute Gasteiger partial charge is 0.136 e. The Morgan fingerprint density at radius 1 is 1.40 bits per heavy atom. The van der Waals surface area contributed by atoms with Crippen LogP contribution in [0.3, 0.4) is 0 Å². The maximum absolute atomic E-state index is 4.64. The lowest BCUT2D eigenvalue weighted by Crippen LogP contribution is -2.34. The Kier molecular flexibility index (Phi) is 1.99. The summed E-state index contributed by atoms with van der Waals surface area (Å²) in [6, 6.07) is 5.89. The Morgan fingerprint density at radius 3 is 3.27 bits per heavy atom. The van der Waals surface area contributed by atoms with Gasteiger partial charge in [0.1, 0.15) is 6.17 Å². The number of rotatable bonds is 1. The maximum atomic E-state index is 4.64. The molecule has 4 heteroatoms. The van der Waals surface area contributed by atoms with Crippen LogP contribution in [-0.2, 0) is 0 Å². The molecule has 76 valence electrons. The fourth-order valence-corrected chi connectivity index (χ4v) is 1.87.